The van der Waals surface area contributed by atoms with Gasteiger partial charge in [-0.3, -0.25) is 14.9 Å². The van der Waals surface area contributed by atoms with E-state index in [9.17, 15) is 19.7 Å². The Labute approximate surface area is 163 Å². The highest BCUT2D eigenvalue weighted by Crippen LogP contribution is 2.45. The molecule has 0 amide bonds. The van der Waals surface area contributed by atoms with Crippen LogP contribution in [0.3, 0.4) is 0 Å². The summed E-state index contributed by atoms with van der Waals surface area (Å²) in [4.78, 5) is 35.6. The van der Waals surface area contributed by atoms with Gasteiger partial charge in [0.2, 0.25) is 12.8 Å². The van der Waals surface area contributed by atoms with Gasteiger partial charge in [-0.15, -0.1) is 0 Å². The third-order valence-corrected chi connectivity index (χ3v) is 5.23. The van der Waals surface area contributed by atoms with E-state index in [2.05, 4.69) is 0 Å². The topological polar surface area (TPSA) is 105 Å². The standard InChI is InChI=1S/C20H25NO7/c1-20(2,3)28-17(23)9-13-4-5-14(10-22)18(19(13)21(24)25)12-6-7-15-16(8-12)27-11-26-15/h6-8,10,13-14,18-19H,4-5,9,11H2,1-3H3/t13-,14+,18+,19+/m0/s1. The van der Waals surface area contributed by atoms with Crippen molar-refractivity contribution in [1.82, 2.24) is 0 Å². The summed E-state index contributed by atoms with van der Waals surface area (Å²) in [6, 6.07) is 4.09. The molecule has 0 bridgehead atoms. The molecular weight excluding hydrogens is 366 g/mol. The predicted molar refractivity (Wildman–Crippen MR) is 98.8 cm³/mol. The maximum atomic E-state index is 12.3. The maximum Gasteiger partial charge on any atom is 0.306 e. The number of carbonyl (C=O) groups excluding carboxylic acids is 2. The van der Waals surface area contributed by atoms with Gasteiger partial charge >= 0.3 is 5.97 Å². The van der Waals surface area contributed by atoms with Crippen LogP contribution in [0.25, 0.3) is 0 Å². The number of nitro groups is 1. The lowest BCUT2D eigenvalue weighted by atomic mass is 9.67. The van der Waals surface area contributed by atoms with Gasteiger partial charge in [0.1, 0.15) is 11.9 Å². The van der Waals surface area contributed by atoms with Gasteiger partial charge in [0.15, 0.2) is 11.5 Å². The zero-order chi connectivity index (χ0) is 20.5. The number of carbonyl (C=O) groups is 2. The number of fused-ring (bicyclic) bond motifs is 1. The number of aldehydes is 1. The number of hydrogen-bond donors (Lipinski definition) is 0. The molecule has 8 nitrogen and oxygen atoms in total. The van der Waals surface area contributed by atoms with Crippen LogP contribution in [0.15, 0.2) is 18.2 Å². The smallest absolute Gasteiger partial charge is 0.306 e. The lowest BCUT2D eigenvalue weighted by molar-refractivity contribution is -0.540. The van der Waals surface area contributed by atoms with Gasteiger partial charge in [-0.1, -0.05) is 6.07 Å². The maximum absolute atomic E-state index is 12.3. The molecule has 0 unspecified atom stereocenters. The molecule has 4 atom stereocenters. The second kappa shape index (κ2) is 7.77. The fraction of sp³-hybridized carbons (Fsp3) is 0.600. The first kappa shape index (κ1) is 20.1. The molecule has 1 aliphatic carbocycles. The second-order valence-electron chi connectivity index (χ2n) is 8.34. The summed E-state index contributed by atoms with van der Waals surface area (Å²) in [5.41, 5.74) is -0.00490. The van der Waals surface area contributed by atoms with Crippen molar-refractivity contribution < 1.29 is 28.7 Å². The van der Waals surface area contributed by atoms with Crippen molar-refractivity contribution in [2.24, 2.45) is 11.8 Å². The largest absolute Gasteiger partial charge is 0.460 e. The first-order valence-corrected chi connectivity index (χ1v) is 9.40. The SMILES string of the molecule is CC(C)(C)OC(=O)C[C@@H]1CC[C@H](C=O)[C@@H](c2ccc3c(c2)OCO3)[C@@H]1[N+](=O)[O-]. The van der Waals surface area contributed by atoms with E-state index in [-0.39, 0.29) is 18.1 Å². The number of hydrogen-bond acceptors (Lipinski definition) is 7. The lowest BCUT2D eigenvalue weighted by Gasteiger charge is -2.36. The zero-order valence-corrected chi connectivity index (χ0v) is 16.3. The van der Waals surface area contributed by atoms with Crippen LogP contribution >= 0.6 is 0 Å². The second-order valence-corrected chi connectivity index (χ2v) is 8.34. The van der Waals surface area contributed by atoms with Crippen molar-refractivity contribution in [3.8, 4) is 11.5 Å². The van der Waals surface area contributed by atoms with E-state index in [0.717, 1.165) is 6.29 Å². The Morgan fingerprint density at radius 1 is 1.29 bits per heavy atom. The summed E-state index contributed by atoms with van der Waals surface area (Å²) in [6.07, 6.45) is 1.65. The van der Waals surface area contributed by atoms with E-state index < -0.39 is 35.4 Å². The summed E-state index contributed by atoms with van der Waals surface area (Å²) >= 11 is 0. The van der Waals surface area contributed by atoms with Gasteiger partial charge < -0.3 is 19.0 Å². The van der Waals surface area contributed by atoms with Crippen molar-refractivity contribution >= 4 is 12.3 Å². The molecule has 28 heavy (non-hydrogen) atoms. The van der Waals surface area contributed by atoms with E-state index in [4.69, 9.17) is 14.2 Å². The van der Waals surface area contributed by atoms with Crippen LogP contribution in [0.1, 0.15) is 51.5 Å². The van der Waals surface area contributed by atoms with Gasteiger partial charge in [0.05, 0.1) is 12.3 Å². The first-order chi connectivity index (χ1) is 13.2. The van der Waals surface area contributed by atoms with E-state index in [1.165, 1.54) is 0 Å². The molecule has 1 fully saturated rings. The Balaban J connectivity index is 1.90. The predicted octanol–water partition coefficient (Wildman–Crippen LogP) is 3.10. The van der Waals surface area contributed by atoms with Crippen molar-refractivity contribution in [2.45, 2.75) is 57.6 Å². The Kier molecular flexibility index (Phi) is 5.58. The highest BCUT2D eigenvalue weighted by Gasteiger charge is 2.49. The van der Waals surface area contributed by atoms with Crippen molar-refractivity contribution in [3.63, 3.8) is 0 Å². The molecule has 0 saturated heterocycles. The molecule has 0 N–H and O–H groups in total. The van der Waals surface area contributed by atoms with Crippen LogP contribution in [-0.2, 0) is 14.3 Å². The number of benzene rings is 1. The van der Waals surface area contributed by atoms with Gasteiger partial charge in [-0.2, -0.15) is 0 Å². The van der Waals surface area contributed by atoms with Crippen LogP contribution in [0.5, 0.6) is 11.5 Å². The Bertz CT molecular complexity index is 770. The molecule has 1 aromatic rings. The molecule has 1 heterocycles. The molecule has 1 aromatic carbocycles. The molecule has 2 aliphatic rings. The summed E-state index contributed by atoms with van der Waals surface area (Å²) in [5.74, 6) is -1.01. The fourth-order valence-electron chi connectivity index (χ4n) is 4.14. The highest BCUT2D eigenvalue weighted by molar-refractivity contribution is 5.70. The first-order valence-electron chi connectivity index (χ1n) is 9.40. The number of ether oxygens (including phenoxy) is 3. The van der Waals surface area contributed by atoms with Gasteiger partial charge in [-0.25, -0.2) is 0 Å². The molecule has 0 radical (unpaired) electrons. The molecule has 3 rings (SSSR count). The highest BCUT2D eigenvalue weighted by atomic mass is 16.7. The molecule has 0 spiro atoms. The minimum absolute atomic E-state index is 0.0461. The normalized spacial score (nSPS) is 26.5. The quantitative estimate of drug-likeness (QED) is 0.329. The number of esters is 1. The van der Waals surface area contributed by atoms with Gasteiger partial charge in [0, 0.05) is 16.8 Å². The molecule has 1 aliphatic heterocycles. The van der Waals surface area contributed by atoms with E-state index in [1.807, 2.05) is 0 Å². The number of rotatable bonds is 5. The Hall–Kier alpha value is -2.64. The summed E-state index contributed by atoms with van der Waals surface area (Å²) in [6.45, 7) is 5.37. The third-order valence-electron chi connectivity index (χ3n) is 5.23. The van der Waals surface area contributed by atoms with Crippen LogP contribution in [0, 0.1) is 22.0 Å². The van der Waals surface area contributed by atoms with Crippen molar-refractivity contribution in [2.75, 3.05) is 6.79 Å². The average molecular weight is 391 g/mol. The summed E-state index contributed by atoms with van der Waals surface area (Å²) in [7, 11) is 0. The monoisotopic (exact) mass is 391 g/mol. The molecular formula is C20H25NO7. The van der Waals surface area contributed by atoms with E-state index in [1.54, 1.807) is 39.0 Å². The zero-order valence-electron chi connectivity index (χ0n) is 16.3. The number of nitrogens with zero attached hydrogens (tertiary/aromatic N) is 1. The van der Waals surface area contributed by atoms with E-state index >= 15 is 0 Å². The summed E-state index contributed by atoms with van der Waals surface area (Å²) in [5, 5.41) is 12.0. The van der Waals surface area contributed by atoms with Crippen LogP contribution in [0.2, 0.25) is 0 Å². The lowest BCUT2D eigenvalue weighted by Crippen LogP contribution is -2.44. The Morgan fingerprint density at radius 2 is 2.00 bits per heavy atom. The third kappa shape index (κ3) is 4.26. The Morgan fingerprint density at radius 3 is 2.64 bits per heavy atom. The fourth-order valence-corrected chi connectivity index (χ4v) is 4.14. The van der Waals surface area contributed by atoms with Gasteiger partial charge in [0.25, 0.3) is 0 Å². The van der Waals surface area contributed by atoms with Crippen molar-refractivity contribution in [3.05, 3.63) is 33.9 Å². The molecule has 8 heteroatoms. The van der Waals surface area contributed by atoms with E-state index in [0.29, 0.717) is 29.9 Å². The minimum atomic E-state index is -1.06. The van der Waals surface area contributed by atoms with Crippen molar-refractivity contribution in [1.29, 1.82) is 0 Å². The molecule has 1 saturated carbocycles. The summed E-state index contributed by atoms with van der Waals surface area (Å²) < 4.78 is 16.0. The van der Waals surface area contributed by atoms with Crippen LogP contribution in [0.4, 0.5) is 0 Å². The average Bonchev–Trinajstić information content (AvgIpc) is 3.06. The molecule has 0 aromatic heterocycles. The molecule has 152 valence electrons. The van der Waals surface area contributed by atoms with Crippen LogP contribution < -0.4 is 9.47 Å². The minimum Gasteiger partial charge on any atom is -0.460 e. The van der Waals surface area contributed by atoms with Crippen LogP contribution in [-0.4, -0.2) is 35.6 Å². The van der Waals surface area contributed by atoms with Gasteiger partial charge in [-0.05, 0) is 51.3 Å².